The summed E-state index contributed by atoms with van der Waals surface area (Å²) >= 11 is 0. The van der Waals surface area contributed by atoms with Gasteiger partial charge in [-0.3, -0.25) is 0 Å². The lowest BCUT2D eigenvalue weighted by molar-refractivity contribution is -0.157. The SMILES string of the molecule is C=CC(C)(OC(=O)COc1c(C)cc(-[s+]2cccc2)cc1C)c1ccc(C(F)(F)F)cc1. The van der Waals surface area contributed by atoms with Gasteiger partial charge in [-0.25, -0.2) is 4.79 Å². The zero-order chi connectivity index (χ0) is 23.5. The van der Waals surface area contributed by atoms with Crippen molar-refractivity contribution >= 4 is 16.4 Å². The van der Waals surface area contributed by atoms with Gasteiger partial charge >= 0.3 is 12.1 Å². The van der Waals surface area contributed by atoms with Gasteiger partial charge in [0, 0.05) is 22.6 Å². The molecule has 0 saturated heterocycles. The van der Waals surface area contributed by atoms with Crippen LogP contribution in [0.1, 0.15) is 29.2 Å². The smallest absolute Gasteiger partial charge is 0.416 e. The summed E-state index contributed by atoms with van der Waals surface area (Å²) in [7, 11) is -0.0653. The number of thiophene rings is 1. The van der Waals surface area contributed by atoms with Gasteiger partial charge in [0.15, 0.2) is 17.1 Å². The number of aryl methyl sites for hydroxylation is 2. The van der Waals surface area contributed by atoms with Gasteiger partial charge in [-0.2, -0.15) is 13.2 Å². The van der Waals surface area contributed by atoms with Gasteiger partial charge in [-0.15, -0.1) is 0 Å². The number of hydrogen-bond donors (Lipinski definition) is 0. The fraction of sp³-hybridized carbons (Fsp3) is 0.240. The molecule has 0 radical (unpaired) electrons. The van der Waals surface area contributed by atoms with Crippen LogP contribution in [0.2, 0.25) is 0 Å². The maximum atomic E-state index is 12.8. The van der Waals surface area contributed by atoms with Gasteiger partial charge in [-0.1, -0.05) is 18.7 Å². The second-order valence-corrected chi connectivity index (χ2v) is 9.32. The van der Waals surface area contributed by atoms with E-state index in [1.165, 1.54) is 23.1 Å². The van der Waals surface area contributed by atoms with Crippen molar-refractivity contribution in [3.05, 3.63) is 94.2 Å². The van der Waals surface area contributed by atoms with Crippen LogP contribution in [0.3, 0.4) is 0 Å². The highest BCUT2D eigenvalue weighted by molar-refractivity contribution is 7.36. The summed E-state index contributed by atoms with van der Waals surface area (Å²) in [6, 6.07) is 12.6. The fourth-order valence-electron chi connectivity index (χ4n) is 3.34. The highest BCUT2D eigenvalue weighted by Gasteiger charge is 2.32. The first-order valence-corrected chi connectivity index (χ1v) is 11.2. The van der Waals surface area contributed by atoms with Crippen LogP contribution in [0.25, 0.3) is 4.90 Å². The Kier molecular flexibility index (Phi) is 6.79. The van der Waals surface area contributed by atoms with Crippen molar-refractivity contribution in [2.24, 2.45) is 0 Å². The third kappa shape index (κ3) is 5.22. The van der Waals surface area contributed by atoms with E-state index in [9.17, 15) is 18.0 Å². The van der Waals surface area contributed by atoms with E-state index in [1.54, 1.807) is 6.92 Å². The fourth-order valence-corrected chi connectivity index (χ4v) is 4.89. The summed E-state index contributed by atoms with van der Waals surface area (Å²) in [6.45, 7) is 8.74. The van der Waals surface area contributed by atoms with Crippen molar-refractivity contribution in [3.8, 4) is 10.6 Å². The lowest BCUT2D eigenvalue weighted by Gasteiger charge is -2.27. The molecule has 1 atom stereocenters. The van der Waals surface area contributed by atoms with Crippen LogP contribution in [0, 0.1) is 13.8 Å². The Bertz CT molecular complexity index is 1080. The third-order valence-electron chi connectivity index (χ3n) is 5.10. The van der Waals surface area contributed by atoms with E-state index in [0.29, 0.717) is 11.3 Å². The van der Waals surface area contributed by atoms with Crippen molar-refractivity contribution in [1.29, 1.82) is 0 Å². The molecule has 0 amide bonds. The van der Waals surface area contributed by atoms with E-state index in [4.69, 9.17) is 9.47 Å². The molecule has 0 bridgehead atoms. The summed E-state index contributed by atoms with van der Waals surface area (Å²) in [5.41, 5.74) is 0.123. The number of carbonyl (C=O) groups is 1. The number of rotatable bonds is 7. The summed E-state index contributed by atoms with van der Waals surface area (Å²) in [6.07, 6.45) is -3.06. The monoisotopic (exact) mass is 461 g/mol. The molecule has 1 heterocycles. The van der Waals surface area contributed by atoms with E-state index in [0.717, 1.165) is 23.3 Å². The van der Waals surface area contributed by atoms with Crippen molar-refractivity contribution < 1.29 is 27.4 Å². The molecule has 0 saturated carbocycles. The Morgan fingerprint density at radius 3 is 2.06 bits per heavy atom. The van der Waals surface area contributed by atoms with Crippen LogP contribution >= 0.6 is 10.5 Å². The maximum Gasteiger partial charge on any atom is 0.416 e. The number of alkyl halides is 3. The molecule has 0 N–H and O–H groups in total. The van der Waals surface area contributed by atoms with Crippen LogP contribution in [-0.2, 0) is 21.3 Å². The number of halogens is 3. The molecule has 0 spiro atoms. The predicted molar refractivity (Wildman–Crippen MR) is 120 cm³/mol. The van der Waals surface area contributed by atoms with Crippen molar-refractivity contribution in [1.82, 2.24) is 0 Å². The first kappa shape index (κ1) is 23.6. The lowest BCUT2D eigenvalue weighted by Crippen LogP contribution is -2.29. The highest BCUT2D eigenvalue weighted by Crippen LogP contribution is 2.36. The molecule has 7 heteroatoms. The first-order valence-electron chi connectivity index (χ1n) is 9.87. The third-order valence-corrected chi connectivity index (χ3v) is 6.78. The minimum Gasteiger partial charge on any atom is -0.481 e. The number of esters is 1. The predicted octanol–water partition coefficient (Wildman–Crippen LogP) is 7.08. The second kappa shape index (κ2) is 9.20. The zero-order valence-corrected chi connectivity index (χ0v) is 18.8. The van der Waals surface area contributed by atoms with E-state index in [-0.39, 0.29) is 17.1 Å². The molecule has 168 valence electrons. The Hall–Kier alpha value is -3.06. The van der Waals surface area contributed by atoms with Crippen LogP contribution in [0.5, 0.6) is 5.75 Å². The molecule has 0 aliphatic carbocycles. The molecule has 3 nitrogen and oxygen atoms in total. The van der Waals surface area contributed by atoms with Crippen molar-refractivity contribution in [2.75, 3.05) is 6.61 Å². The van der Waals surface area contributed by atoms with Crippen LogP contribution in [0.4, 0.5) is 13.2 Å². The summed E-state index contributed by atoms with van der Waals surface area (Å²) in [4.78, 5) is 13.7. The molecule has 3 rings (SSSR count). The number of hydrogen-bond acceptors (Lipinski definition) is 3. The molecule has 0 fully saturated rings. The Labute approximate surface area is 188 Å². The number of benzene rings is 2. The summed E-state index contributed by atoms with van der Waals surface area (Å²) < 4.78 is 49.7. The molecular weight excluding hydrogens is 437 g/mol. The largest absolute Gasteiger partial charge is 0.481 e. The average molecular weight is 462 g/mol. The highest BCUT2D eigenvalue weighted by atomic mass is 32.2. The molecule has 1 aromatic heterocycles. The molecule has 32 heavy (non-hydrogen) atoms. The first-order chi connectivity index (χ1) is 15.0. The van der Waals surface area contributed by atoms with Gasteiger partial charge in [-0.05, 0) is 67.8 Å². The zero-order valence-electron chi connectivity index (χ0n) is 18.0. The van der Waals surface area contributed by atoms with E-state index >= 15 is 0 Å². The topological polar surface area (TPSA) is 35.5 Å². The lowest BCUT2D eigenvalue weighted by atomic mass is 9.95. The van der Waals surface area contributed by atoms with Gasteiger partial charge in [0.2, 0.25) is 0 Å². The summed E-state index contributed by atoms with van der Waals surface area (Å²) in [5, 5.41) is 4.26. The number of carbonyl (C=O) groups excluding carboxylic acids is 1. The van der Waals surface area contributed by atoms with E-state index in [1.807, 2.05) is 38.1 Å². The van der Waals surface area contributed by atoms with Crippen molar-refractivity contribution in [2.45, 2.75) is 32.5 Å². The van der Waals surface area contributed by atoms with Gasteiger partial charge in [0.1, 0.15) is 16.5 Å². The molecule has 1 unspecified atom stereocenters. The molecular formula is C25H24F3O3S+. The Balaban J connectivity index is 1.70. The average Bonchev–Trinajstić information content (AvgIpc) is 3.27. The van der Waals surface area contributed by atoms with Gasteiger partial charge < -0.3 is 9.47 Å². The molecule has 0 aliphatic rings. The normalized spacial score (nSPS) is 13.3. The van der Waals surface area contributed by atoms with Gasteiger partial charge in [0.25, 0.3) is 0 Å². The molecule has 0 aliphatic heterocycles. The number of ether oxygens (including phenoxy) is 2. The molecule has 3 aromatic rings. The second-order valence-electron chi connectivity index (χ2n) is 7.56. The van der Waals surface area contributed by atoms with Crippen molar-refractivity contribution in [3.63, 3.8) is 0 Å². The Morgan fingerprint density at radius 2 is 1.56 bits per heavy atom. The van der Waals surface area contributed by atoms with E-state index in [2.05, 4.69) is 17.3 Å². The summed E-state index contributed by atoms with van der Waals surface area (Å²) in [5.74, 6) is -0.0463. The maximum absolute atomic E-state index is 12.8. The van der Waals surface area contributed by atoms with Crippen LogP contribution in [0.15, 0.2) is 71.9 Å². The van der Waals surface area contributed by atoms with Gasteiger partial charge in [0.05, 0.1) is 5.56 Å². The van der Waals surface area contributed by atoms with E-state index < -0.39 is 23.3 Å². The van der Waals surface area contributed by atoms with Crippen LogP contribution < -0.4 is 4.74 Å². The van der Waals surface area contributed by atoms with Crippen LogP contribution in [-0.4, -0.2) is 12.6 Å². The Morgan fingerprint density at radius 1 is 1.03 bits per heavy atom. The minimum absolute atomic E-state index is 0.0653. The quantitative estimate of drug-likeness (QED) is 0.214. The molecule has 2 aromatic carbocycles. The minimum atomic E-state index is -4.44. The standard InChI is InChI=1S/C25H24F3O3S/c1-5-24(4,19-8-10-20(11-9-19)25(26,27)28)31-22(29)16-30-23-17(2)14-21(15-18(23)3)32-12-6-7-13-32/h5-15H,1,16H2,2-4H3/q+1.